The molecule has 0 aliphatic carbocycles. The van der Waals surface area contributed by atoms with Crippen molar-refractivity contribution in [3.8, 4) is 0 Å². The second kappa shape index (κ2) is 57.6. The molecule has 8 aliphatic rings. The van der Waals surface area contributed by atoms with Crippen LogP contribution in [0, 0.1) is 23.7 Å². The van der Waals surface area contributed by atoms with Gasteiger partial charge < -0.3 is 9.47 Å². The van der Waals surface area contributed by atoms with E-state index in [2.05, 4.69) is 409 Å². The predicted molar refractivity (Wildman–Crippen MR) is 619 cm³/mol. The molecule has 8 heterocycles. The van der Waals surface area contributed by atoms with Crippen molar-refractivity contribution in [1.29, 1.82) is 0 Å². The third-order valence-electron chi connectivity index (χ3n) is 32.7. The number of ether oxygens (including phenoxy) is 2. The second-order valence-electron chi connectivity index (χ2n) is 42.5. The summed E-state index contributed by atoms with van der Waals surface area (Å²) in [6, 6.07) is 130. The summed E-state index contributed by atoms with van der Waals surface area (Å²) < 4.78 is 11.3. The predicted octanol–water partition coefficient (Wildman–Crippen LogP) is 33.0. The Morgan fingerprint density at radius 2 is 0.366 bits per heavy atom. The van der Waals surface area contributed by atoms with E-state index in [4.69, 9.17) is 9.47 Å². The van der Waals surface area contributed by atoms with Crippen molar-refractivity contribution in [2.75, 3.05) is 27.4 Å². The molecular formula is C128H160Cr4O2P8. The van der Waals surface area contributed by atoms with Crippen LogP contribution in [-0.4, -0.2) is 95.3 Å². The molecule has 0 saturated carbocycles. The van der Waals surface area contributed by atoms with Crippen LogP contribution in [0.5, 0.6) is 0 Å². The summed E-state index contributed by atoms with van der Waals surface area (Å²) in [4.78, 5) is 0. The molecule has 0 aromatic heterocycles. The van der Waals surface area contributed by atoms with Gasteiger partial charge in [0.2, 0.25) is 0 Å². The zero-order valence-corrected chi connectivity index (χ0v) is 99.1. The first-order valence-electron chi connectivity index (χ1n) is 53.6. The minimum Gasteiger partial charge on any atom is -0.384 e. The molecule has 0 amide bonds. The second-order valence-corrected chi connectivity index (χ2v) is 63.9. The Labute approximate surface area is 912 Å². The molecular weight excluding hydrogens is 2030 g/mol. The molecule has 8 aliphatic heterocycles. The van der Waals surface area contributed by atoms with Crippen molar-refractivity contribution in [2.24, 2.45) is 23.7 Å². The molecule has 12 aromatic rings. The van der Waals surface area contributed by atoms with Crippen molar-refractivity contribution in [3.05, 3.63) is 384 Å². The fourth-order valence-corrected chi connectivity index (χ4v) is 58.4. The van der Waals surface area contributed by atoms with E-state index in [0.717, 1.165) is 93.5 Å². The zero-order valence-electron chi connectivity index (χ0n) is 86.9. The molecule has 0 spiro atoms. The molecule has 0 bridgehead atoms. The largest absolute Gasteiger partial charge is 0.384 e. The fourth-order valence-electron chi connectivity index (χ4n) is 26.2. The topological polar surface area (TPSA) is 18.5 Å². The molecule has 12 aromatic carbocycles. The quantitative estimate of drug-likeness (QED) is 0.0418. The third-order valence-corrected chi connectivity index (χ3v) is 62.3. The van der Waals surface area contributed by atoms with Gasteiger partial charge in [0.1, 0.15) is 0 Å². The monoisotopic (exact) mass is 2180 g/mol. The summed E-state index contributed by atoms with van der Waals surface area (Å²) in [5.74, 6) is 3.28. The maximum Gasteiger partial charge on any atom is 0.0532 e. The molecule has 0 N–H and O–H groups in total. The maximum atomic E-state index is 5.63. The number of methoxy groups -OCH3 is 2. The van der Waals surface area contributed by atoms with Crippen LogP contribution >= 0.6 is 63.4 Å². The summed E-state index contributed by atoms with van der Waals surface area (Å²) in [5, 5.41) is 14.0. The van der Waals surface area contributed by atoms with Crippen LogP contribution in [0.15, 0.2) is 340 Å². The van der Waals surface area contributed by atoms with Crippen LogP contribution in [0.1, 0.15) is 252 Å². The van der Waals surface area contributed by atoms with Crippen LogP contribution < -0.4 is 42.4 Å². The Kier molecular flexibility index (Phi) is 46.7. The fraction of sp³-hybridized carbons (Fsp3) is 0.438. The maximum absolute atomic E-state index is 5.63. The van der Waals surface area contributed by atoms with Gasteiger partial charge in [0.05, 0.1) is 13.2 Å². The number of rotatable bonds is 30. The molecule has 14 heteroatoms. The zero-order chi connectivity index (χ0) is 95.4. The van der Waals surface area contributed by atoms with Gasteiger partial charge in [-0.05, 0) is 308 Å². The van der Waals surface area contributed by atoms with Crippen LogP contribution in [0.25, 0.3) is 0 Å². The van der Waals surface area contributed by atoms with Gasteiger partial charge in [0.15, 0.2) is 0 Å². The van der Waals surface area contributed by atoms with Crippen LogP contribution in [0.4, 0.5) is 0 Å². The van der Waals surface area contributed by atoms with Crippen molar-refractivity contribution in [3.63, 3.8) is 0 Å². The molecule has 142 heavy (non-hydrogen) atoms. The Balaban J connectivity index is 0.000000161. The van der Waals surface area contributed by atoms with Gasteiger partial charge in [-0.1, -0.05) is 472 Å². The van der Waals surface area contributed by atoms with Gasteiger partial charge in [-0.3, -0.25) is 0 Å². The Hall–Kier alpha value is -3.87. The van der Waals surface area contributed by atoms with Gasteiger partial charge in [0.25, 0.3) is 0 Å². The molecule has 8 fully saturated rings. The summed E-state index contributed by atoms with van der Waals surface area (Å²) in [6.07, 6.45) is 29.3. The van der Waals surface area contributed by atoms with Crippen LogP contribution in [0.2, 0.25) is 0 Å². The van der Waals surface area contributed by atoms with E-state index < -0.39 is 15.8 Å². The van der Waals surface area contributed by atoms with Crippen molar-refractivity contribution in [1.82, 2.24) is 0 Å². The average molecular weight is 2190 g/mol. The number of hydrogen-bond donors (Lipinski definition) is 0. The van der Waals surface area contributed by atoms with Crippen molar-refractivity contribution in [2.45, 2.75) is 301 Å². The summed E-state index contributed by atoms with van der Waals surface area (Å²) in [7, 11) is 2.00. The third kappa shape index (κ3) is 28.0. The molecule has 2 nitrogen and oxygen atoms in total. The molecule has 16 atom stereocenters. The standard InChI is InChI=1S/C42H44P2.C38H36P2.C26H44P2.C22H36O2P2.4Cr/c1-5-15-33(16-6-1)29-37-25-26-38(30-34-17-7-2-8-18-34)43(37)41-23-13-14-24-42(41)44-39(31-35-19-9-3-10-20-35)27-28-40(44)32-36-21-11-4-12-22-36;1-5-15-29(16-6-1)33-25-26-34(30-17-7-2-8-18-30)39(33)37-23-13-14-24-38(37)40-35(31-19-9-3-10-20-31)27-28-36(40)32-21-11-4-12-22-32;1-17(2)21-13-14-22(18(3)4)27(21)25-11-9-10-12-26(25)28-23(19(5)6)15-16-24(28)20(7)8;1-5-17-11-12-18(6-2)25(17)21-9-7-8-10-22(21)26-19(15-23-3)13-14-20(26)16-24-4;;;;/h1-24,37-40H,25-32H2;1-24,33-36H,25-28H2;9-12,17-24H,13-16H2,1-8H3;7-10,17-20H,5-6,11-16H2,1-4H3;;;;/t37-,38-,39-,40-;33-,34-,35-,36-;21-,22-,23-,24-;17-,18-,19+,20+;;;;/m0001..../s1. The van der Waals surface area contributed by atoms with Gasteiger partial charge in [-0.25, -0.2) is 0 Å². The first kappa shape index (κ1) is 115. The van der Waals surface area contributed by atoms with Crippen LogP contribution in [0.3, 0.4) is 0 Å². The van der Waals surface area contributed by atoms with Gasteiger partial charge in [-0.2, -0.15) is 0 Å². The first-order chi connectivity index (χ1) is 67.7. The first-order valence-corrected chi connectivity index (χ1v) is 65.5. The average Bonchev–Trinajstić information content (AvgIpc) is 1.59. The molecule has 0 unspecified atom stereocenters. The Bertz CT molecular complexity index is 5090. The minimum absolute atomic E-state index is 0. The summed E-state index contributed by atoms with van der Waals surface area (Å²) >= 11 is 0. The van der Waals surface area contributed by atoms with Gasteiger partial charge >= 0.3 is 0 Å². The van der Waals surface area contributed by atoms with Gasteiger partial charge in [0, 0.05) is 118 Å². The van der Waals surface area contributed by atoms with Crippen molar-refractivity contribution < 1.29 is 78.9 Å². The van der Waals surface area contributed by atoms with E-state index in [9.17, 15) is 0 Å². The minimum atomic E-state index is -0.416. The molecule has 20 rings (SSSR count). The van der Waals surface area contributed by atoms with E-state index in [0.29, 0.717) is 34.0 Å². The van der Waals surface area contributed by atoms with E-state index in [1.165, 1.54) is 186 Å². The molecule has 8 saturated heterocycles. The van der Waals surface area contributed by atoms with E-state index in [-0.39, 0.29) is 117 Å². The smallest absolute Gasteiger partial charge is 0.0532 e. The summed E-state index contributed by atoms with van der Waals surface area (Å²) in [6.45, 7) is 26.5. The van der Waals surface area contributed by atoms with Crippen LogP contribution in [-0.2, 0) is 105 Å². The van der Waals surface area contributed by atoms with Crippen molar-refractivity contribution >= 4 is 106 Å². The number of hydrogen-bond acceptors (Lipinski definition) is 2. The Morgan fingerprint density at radius 1 is 0.197 bits per heavy atom. The summed E-state index contributed by atoms with van der Waals surface area (Å²) in [5.41, 5.74) is 24.5. The molecule has 748 valence electrons. The van der Waals surface area contributed by atoms with E-state index in [1.807, 2.05) is 24.8 Å². The number of benzene rings is 12. The van der Waals surface area contributed by atoms with E-state index >= 15 is 0 Å². The van der Waals surface area contributed by atoms with E-state index in [1.54, 1.807) is 31.8 Å². The van der Waals surface area contributed by atoms with Gasteiger partial charge in [-0.15, -0.1) is 0 Å². The molecule has 0 radical (unpaired) electrons. The SMILES string of the molecule is CC(C)[C@@H]1CC[C@@H](C(C)C)P1c1ccccc1P1[C@H](C(C)C)CC[C@H]1C(C)C.CC[C@@H]1CC[C@@H](CC)P1c1ccccc1P1[C@H](COC)CC[C@H]1COC.[Cr].[Cr].[Cr].[Cr].c1ccc(C[C@@H]2CC[C@@H](Cc3ccccc3)P2c2ccccc2P2[C@H](Cc3ccccc3)CC[C@H]2Cc2ccccc2)cc1.c1ccc([C@@H]2CC[C@@H](c3ccccc3)P2c2ccccc2P2[C@H](c3ccccc3)CC[C@H]2c2ccccc2)cc1. The Morgan fingerprint density at radius 3 is 0.570 bits per heavy atom. The normalized spacial score (nSPS) is 25.0.